The van der Waals surface area contributed by atoms with Gasteiger partial charge in [0, 0.05) is 16.8 Å². The van der Waals surface area contributed by atoms with Gasteiger partial charge in [-0.2, -0.15) is 13.2 Å². The van der Waals surface area contributed by atoms with E-state index < -0.39 is 17.6 Å². The molecule has 1 aliphatic rings. The van der Waals surface area contributed by atoms with E-state index in [1.54, 1.807) is 6.92 Å². The number of halogens is 3. The van der Waals surface area contributed by atoms with Crippen molar-refractivity contribution in [3.8, 4) is 0 Å². The van der Waals surface area contributed by atoms with E-state index in [9.17, 15) is 22.8 Å². The van der Waals surface area contributed by atoms with Crippen molar-refractivity contribution in [3.63, 3.8) is 0 Å². The summed E-state index contributed by atoms with van der Waals surface area (Å²) in [7, 11) is 0. The van der Waals surface area contributed by atoms with Crippen LogP contribution in [-0.2, 0) is 15.8 Å². The molecule has 1 amide bonds. The zero-order chi connectivity index (χ0) is 16.7. The molecule has 0 aliphatic carbocycles. The summed E-state index contributed by atoms with van der Waals surface area (Å²) in [6, 6.07) is 1.70. The van der Waals surface area contributed by atoms with Gasteiger partial charge in [-0.25, -0.2) is 9.99 Å². The number of ketones is 1. The minimum Gasteiger partial charge on any atom is -0.292 e. The standard InChI is InChI=1S/C14H14F3N3O2/c1-7-4-10(14(15,16)17)5-12(18-7)19-20-6-11(21)8(2)9(3)13(20)22/h4-5H,6H2,1-3H3,(H,18,19). The molecule has 0 atom stereocenters. The number of carbonyl (C=O) groups is 2. The van der Waals surface area contributed by atoms with Crippen LogP contribution in [0.4, 0.5) is 19.0 Å². The number of anilines is 1. The molecule has 0 spiro atoms. The lowest BCUT2D eigenvalue weighted by Crippen LogP contribution is -2.45. The second kappa shape index (κ2) is 5.43. The number of nitrogens with zero attached hydrogens (tertiary/aromatic N) is 2. The van der Waals surface area contributed by atoms with E-state index in [0.717, 1.165) is 17.1 Å². The molecule has 0 radical (unpaired) electrons. The molecule has 0 saturated carbocycles. The quantitative estimate of drug-likeness (QED) is 0.911. The highest BCUT2D eigenvalue weighted by Gasteiger charge is 2.32. The van der Waals surface area contributed by atoms with E-state index >= 15 is 0 Å². The molecule has 2 heterocycles. The van der Waals surface area contributed by atoms with Gasteiger partial charge in [0.2, 0.25) is 0 Å². The number of Topliss-reactive ketones (excluding diaryl/α,β-unsaturated/α-hetero) is 1. The minimum absolute atomic E-state index is 0.138. The summed E-state index contributed by atoms with van der Waals surface area (Å²) in [6.07, 6.45) is -4.52. The summed E-state index contributed by atoms with van der Waals surface area (Å²) < 4.78 is 38.3. The summed E-state index contributed by atoms with van der Waals surface area (Å²) >= 11 is 0. The molecule has 0 bridgehead atoms. The van der Waals surface area contributed by atoms with Crippen molar-refractivity contribution in [1.82, 2.24) is 9.99 Å². The molecule has 1 N–H and O–H groups in total. The molecule has 0 fully saturated rings. The van der Waals surface area contributed by atoms with Gasteiger partial charge in [-0.1, -0.05) is 0 Å². The van der Waals surface area contributed by atoms with E-state index in [1.165, 1.54) is 13.8 Å². The smallest absolute Gasteiger partial charge is 0.292 e. The second-order valence-corrected chi connectivity index (χ2v) is 5.06. The van der Waals surface area contributed by atoms with E-state index in [-0.39, 0.29) is 29.4 Å². The molecule has 0 aromatic carbocycles. The largest absolute Gasteiger partial charge is 0.416 e. The Balaban J connectivity index is 2.31. The van der Waals surface area contributed by atoms with Crippen LogP contribution < -0.4 is 5.43 Å². The zero-order valence-electron chi connectivity index (χ0n) is 12.2. The van der Waals surface area contributed by atoms with Crippen LogP contribution in [0.2, 0.25) is 0 Å². The van der Waals surface area contributed by atoms with Crippen LogP contribution in [0.5, 0.6) is 0 Å². The van der Waals surface area contributed by atoms with E-state index in [1.807, 2.05) is 0 Å². The highest BCUT2D eigenvalue weighted by atomic mass is 19.4. The highest BCUT2D eigenvalue weighted by Crippen LogP contribution is 2.31. The molecule has 1 aliphatic heterocycles. The number of carbonyl (C=O) groups excluding carboxylic acids is 2. The van der Waals surface area contributed by atoms with Gasteiger partial charge in [-0.05, 0) is 32.9 Å². The first-order chi connectivity index (χ1) is 10.1. The van der Waals surface area contributed by atoms with Crippen molar-refractivity contribution in [1.29, 1.82) is 0 Å². The molecule has 2 rings (SSSR count). The normalized spacial score (nSPS) is 16.4. The Labute approximate surface area is 124 Å². The SMILES string of the molecule is CC1=C(C)C(=O)N(Nc2cc(C(F)(F)F)cc(C)n2)CC1=O. The second-order valence-electron chi connectivity index (χ2n) is 5.06. The van der Waals surface area contributed by atoms with Crippen LogP contribution in [0.15, 0.2) is 23.3 Å². The fourth-order valence-corrected chi connectivity index (χ4v) is 2.02. The maximum atomic E-state index is 12.8. The zero-order valence-corrected chi connectivity index (χ0v) is 12.2. The van der Waals surface area contributed by atoms with Crippen LogP contribution in [0.1, 0.15) is 25.1 Å². The number of nitrogens with one attached hydrogen (secondary N) is 1. The Morgan fingerprint density at radius 3 is 2.36 bits per heavy atom. The molecule has 22 heavy (non-hydrogen) atoms. The van der Waals surface area contributed by atoms with Gasteiger partial charge in [-0.3, -0.25) is 15.0 Å². The Morgan fingerprint density at radius 1 is 1.14 bits per heavy atom. The molecule has 1 aromatic rings. The number of aromatic nitrogens is 1. The average molecular weight is 313 g/mol. The van der Waals surface area contributed by atoms with E-state index in [0.29, 0.717) is 5.57 Å². The number of hydrazine groups is 1. The maximum absolute atomic E-state index is 12.8. The molecule has 5 nitrogen and oxygen atoms in total. The first kappa shape index (κ1) is 16.0. The van der Waals surface area contributed by atoms with E-state index in [4.69, 9.17) is 0 Å². The molecular formula is C14H14F3N3O2. The van der Waals surface area contributed by atoms with Crippen LogP contribution in [0.25, 0.3) is 0 Å². The summed E-state index contributed by atoms with van der Waals surface area (Å²) in [5.74, 6) is -0.872. The van der Waals surface area contributed by atoms with Gasteiger partial charge in [-0.15, -0.1) is 0 Å². The third-order valence-electron chi connectivity index (χ3n) is 3.38. The van der Waals surface area contributed by atoms with Crippen molar-refractivity contribution in [2.45, 2.75) is 26.9 Å². The summed E-state index contributed by atoms with van der Waals surface area (Å²) in [5, 5.41) is 0.965. The van der Waals surface area contributed by atoms with Crippen LogP contribution in [0.3, 0.4) is 0 Å². The molecular weight excluding hydrogens is 299 g/mol. The van der Waals surface area contributed by atoms with Crippen molar-refractivity contribution in [2.75, 3.05) is 12.0 Å². The predicted molar refractivity (Wildman–Crippen MR) is 72.7 cm³/mol. The number of hydrogen-bond acceptors (Lipinski definition) is 4. The van der Waals surface area contributed by atoms with Crippen LogP contribution in [0, 0.1) is 6.92 Å². The maximum Gasteiger partial charge on any atom is 0.416 e. The molecule has 0 saturated heterocycles. The third kappa shape index (κ3) is 3.10. The number of aryl methyl sites for hydroxylation is 1. The van der Waals surface area contributed by atoms with Crippen molar-refractivity contribution < 1.29 is 22.8 Å². The first-order valence-electron chi connectivity index (χ1n) is 6.44. The van der Waals surface area contributed by atoms with Gasteiger partial charge < -0.3 is 0 Å². The summed E-state index contributed by atoms with van der Waals surface area (Å²) in [4.78, 5) is 27.7. The third-order valence-corrected chi connectivity index (χ3v) is 3.38. The highest BCUT2D eigenvalue weighted by molar-refractivity contribution is 6.11. The van der Waals surface area contributed by atoms with Gasteiger partial charge in [0.15, 0.2) is 5.78 Å². The monoisotopic (exact) mass is 313 g/mol. The molecule has 8 heteroatoms. The number of alkyl halides is 3. The Hall–Kier alpha value is -2.38. The summed E-state index contributed by atoms with van der Waals surface area (Å²) in [5.41, 5.74) is 2.37. The van der Waals surface area contributed by atoms with Crippen molar-refractivity contribution in [2.24, 2.45) is 0 Å². The van der Waals surface area contributed by atoms with Gasteiger partial charge in [0.25, 0.3) is 5.91 Å². The van der Waals surface area contributed by atoms with Crippen molar-refractivity contribution >= 4 is 17.5 Å². The fourth-order valence-electron chi connectivity index (χ4n) is 2.02. The number of hydrogen-bond donors (Lipinski definition) is 1. The fraction of sp³-hybridized carbons (Fsp3) is 0.357. The average Bonchev–Trinajstić information content (AvgIpc) is 2.41. The molecule has 118 valence electrons. The van der Waals surface area contributed by atoms with Gasteiger partial charge >= 0.3 is 6.18 Å². The lowest BCUT2D eigenvalue weighted by Gasteiger charge is -2.28. The Morgan fingerprint density at radius 2 is 1.77 bits per heavy atom. The number of rotatable bonds is 2. The lowest BCUT2D eigenvalue weighted by molar-refractivity contribution is -0.137. The number of amides is 1. The molecule has 1 aromatic heterocycles. The summed E-state index contributed by atoms with van der Waals surface area (Å²) in [6.45, 7) is 4.20. The molecule has 0 unspecified atom stereocenters. The van der Waals surface area contributed by atoms with Crippen LogP contribution in [-0.4, -0.2) is 28.2 Å². The Bertz CT molecular complexity index is 680. The predicted octanol–water partition coefficient (Wildman–Crippen LogP) is 2.48. The van der Waals surface area contributed by atoms with Crippen molar-refractivity contribution in [3.05, 3.63) is 34.5 Å². The first-order valence-corrected chi connectivity index (χ1v) is 6.44. The number of pyridine rings is 1. The van der Waals surface area contributed by atoms with Gasteiger partial charge in [0.1, 0.15) is 12.4 Å². The van der Waals surface area contributed by atoms with Crippen LogP contribution >= 0.6 is 0 Å². The van der Waals surface area contributed by atoms with Gasteiger partial charge in [0.05, 0.1) is 5.56 Å². The minimum atomic E-state index is -4.52. The van der Waals surface area contributed by atoms with E-state index in [2.05, 4.69) is 10.4 Å². The lowest BCUT2D eigenvalue weighted by atomic mass is 10.0. The topological polar surface area (TPSA) is 62.3 Å². The Kier molecular flexibility index (Phi) is 3.95.